The number of aryl methyl sites for hydroxylation is 1. The number of aromatic nitrogens is 3. The van der Waals surface area contributed by atoms with Gasteiger partial charge in [-0.3, -0.25) is 24.0 Å². The molecule has 0 spiro atoms. The van der Waals surface area contributed by atoms with E-state index in [2.05, 4.69) is 23.9 Å². The highest BCUT2D eigenvalue weighted by molar-refractivity contribution is 6.34. The minimum absolute atomic E-state index is 0.105. The molecule has 8 nitrogen and oxygen atoms in total. The van der Waals surface area contributed by atoms with Crippen molar-refractivity contribution in [2.75, 3.05) is 6.54 Å². The number of aliphatic carboxylic acids is 1. The summed E-state index contributed by atoms with van der Waals surface area (Å²) < 4.78 is 44.5. The van der Waals surface area contributed by atoms with Crippen molar-refractivity contribution in [3.63, 3.8) is 0 Å². The maximum Gasteiger partial charge on any atom is 0.433 e. The zero-order valence-electron chi connectivity index (χ0n) is 23.5. The van der Waals surface area contributed by atoms with Crippen LogP contribution in [0.1, 0.15) is 97.3 Å². The minimum atomic E-state index is -4.89. The zero-order chi connectivity index (χ0) is 30.1. The number of Topliss-reactive ketones (excluding diaryl/α,β-unsaturated/α-hetero) is 1. The molecule has 3 atom stereocenters. The van der Waals surface area contributed by atoms with Crippen molar-refractivity contribution in [1.82, 2.24) is 19.7 Å². The fraction of sp³-hybridized carbons (Fsp3) is 0.621. The van der Waals surface area contributed by atoms with Gasteiger partial charge in [-0.15, -0.1) is 0 Å². The van der Waals surface area contributed by atoms with Gasteiger partial charge in [-0.1, -0.05) is 25.4 Å². The smallest absolute Gasteiger partial charge is 0.433 e. The van der Waals surface area contributed by atoms with Gasteiger partial charge in [0.05, 0.1) is 34.8 Å². The maximum absolute atomic E-state index is 14.6. The van der Waals surface area contributed by atoms with Crippen molar-refractivity contribution in [3.8, 4) is 0 Å². The first-order valence-electron chi connectivity index (χ1n) is 13.9. The molecule has 12 heteroatoms. The first kappa shape index (κ1) is 29.5. The summed E-state index contributed by atoms with van der Waals surface area (Å²) >= 11 is 6.26. The highest BCUT2D eigenvalue weighted by Crippen LogP contribution is 2.67. The van der Waals surface area contributed by atoms with Gasteiger partial charge < -0.3 is 10.0 Å². The van der Waals surface area contributed by atoms with E-state index in [0.717, 1.165) is 10.9 Å². The third-order valence-electron chi connectivity index (χ3n) is 9.94. The number of nitrogens with zero attached hydrogens (tertiary/aromatic N) is 4. The summed E-state index contributed by atoms with van der Waals surface area (Å²) in [6.45, 7) is 7.11. The molecule has 0 aromatic carbocycles. The molecule has 2 aromatic heterocycles. The van der Waals surface area contributed by atoms with Crippen LogP contribution >= 0.6 is 11.6 Å². The molecule has 3 aliphatic rings. The average Bonchev–Trinajstić information content (AvgIpc) is 3.30. The second-order valence-corrected chi connectivity index (χ2v) is 13.2. The summed E-state index contributed by atoms with van der Waals surface area (Å²) in [6, 6.07) is -1.10. The van der Waals surface area contributed by atoms with Gasteiger partial charge in [-0.2, -0.15) is 18.3 Å². The van der Waals surface area contributed by atoms with Crippen molar-refractivity contribution in [3.05, 3.63) is 46.0 Å². The summed E-state index contributed by atoms with van der Waals surface area (Å²) in [7, 11) is 0. The van der Waals surface area contributed by atoms with Crippen LogP contribution in [-0.2, 0) is 11.0 Å². The number of fused-ring (bicyclic) bond motifs is 1. The fourth-order valence-corrected chi connectivity index (χ4v) is 7.46. The summed E-state index contributed by atoms with van der Waals surface area (Å²) in [4.78, 5) is 44.4. The Kier molecular flexibility index (Phi) is 7.28. The number of ketones is 1. The largest absolute Gasteiger partial charge is 0.481 e. The van der Waals surface area contributed by atoms with Crippen LogP contribution in [-0.4, -0.2) is 55.0 Å². The normalized spacial score (nSPS) is 28.7. The second-order valence-electron chi connectivity index (χ2n) is 12.8. The Morgan fingerprint density at radius 2 is 1.71 bits per heavy atom. The number of halogens is 4. The molecule has 41 heavy (non-hydrogen) atoms. The van der Waals surface area contributed by atoms with Crippen LogP contribution in [0, 0.1) is 29.6 Å². The molecule has 3 aliphatic carbocycles. The molecular weight excluding hydrogens is 561 g/mol. The lowest BCUT2D eigenvalue weighted by atomic mass is 9.74. The molecule has 2 aromatic rings. The topological polar surface area (TPSA) is 105 Å². The molecule has 0 bridgehead atoms. The van der Waals surface area contributed by atoms with Gasteiger partial charge in [-0.05, 0) is 75.2 Å². The van der Waals surface area contributed by atoms with Gasteiger partial charge in [0.2, 0.25) is 0 Å². The van der Waals surface area contributed by atoms with Crippen LogP contribution in [0.4, 0.5) is 13.2 Å². The van der Waals surface area contributed by atoms with Crippen LogP contribution in [0.25, 0.3) is 0 Å². The predicted molar refractivity (Wildman–Crippen MR) is 144 cm³/mol. The first-order valence-corrected chi connectivity index (χ1v) is 14.3. The Balaban J connectivity index is 1.48. The Labute approximate surface area is 241 Å². The summed E-state index contributed by atoms with van der Waals surface area (Å²) in [5.41, 5.74) is -1.97. The molecular formula is C29H34ClF3N4O4. The van der Waals surface area contributed by atoms with Crippen molar-refractivity contribution in [2.45, 2.75) is 84.5 Å². The number of carbonyl (C=O) groups is 3. The van der Waals surface area contributed by atoms with Gasteiger partial charge in [-0.25, -0.2) is 0 Å². The number of carbonyl (C=O) groups excluding carboxylic acids is 2. The molecule has 2 heterocycles. The van der Waals surface area contributed by atoms with E-state index in [0.29, 0.717) is 30.2 Å². The van der Waals surface area contributed by atoms with Crippen LogP contribution in [0.5, 0.6) is 0 Å². The molecule has 0 unspecified atom stereocenters. The summed E-state index contributed by atoms with van der Waals surface area (Å²) in [5.74, 6) is -1.68. The van der Waals surface area contributed by atoms with E-state index >= 15 is 0 Å². The standard InChI is InChI=1S/C29H34ClF3N4O4/c1-15-11-34-13-21(30)23(15)22(38)14-36(17-9-19-20(10-17)27(19,2)3)25(39)18-12-35-37(24(18)29(31,32)33)16-5-7-28(4,8-6-16)26(40)41/h11-13,16-17,19-20H,5-10,14H2,1-4H3,(H,40,41)/t16-,17-,19+,20-,28-. The quantitative estimate of drug-likeness (QED) is 0.381. The van der Waals surface area contributed by atoms with Gasteiger partial charge in [0.15, 0.2) is 11.5 Å². The van der Waals surface area contributed by atoms with Gasteiger partial charge in [0.1, 0.15) is 0 Å². The van der Waals surface area contributed by atoms with E-state index in [9.17, 15) is 32.7 Å². The van der Waals surface area contributed by atoms with E-state index in [1.54, 1.807) is 13.8 Å². The third-order valence-corrected chi connectivity index (χ3v) is 10.2. The number of carboxylic acids is 1. The Bertz CT molecular complexity index is 1360. The van der Waals surface area contributed by atoms with Crippen molar-refractivity contribution >= 4 is 29.3 Å². The number of hydrogen-bond acceptors (Lipinski definition) is 5. The fourth-order valence-electron chi connectivity index (χ4n) is 7.15. The van der Waals surface area contributed by atoms with Crippen molar-refractivity contribution in [1.29, 1.82) is 0 Å². The first-order chi connectivity index (χ1) is 19.1. The minimum Gasteiger partial charge on any atom is -0.481 e. The molecule has 1 amide bonds. The van der Waals surface area contributed by atoms with E-state index in [-0.39, 0.29) is 41.7 Å². The van der Waals surface area contributed by atoms with E-state index < -0.39 is 59.1 Å². The number of alkyl halides is 3. The predicted octanol–water partition coefficient (Wildman–Crippen LogP) is 6.22. The van der Waals surface area contributed by atoms with Crippen molar-refractivity contribution < 1.29 is 32.7 Å². The monoisotopic (exact) mass is 594 g/mol. The maximum atomic E-state index is 14.6. The third kappa shape index (κ3) is 5.15. The molecule has 222 valence electrons. The highest BCUT2D eigenvalue weighted by Gasteiger charge is 2.63. The molecule has 0 saturated heterocycles. The molecule has 5 rings (SSSR count). The van der Waals surface area contributed by atoms with Crippen LogP contribution in [0.2, 0.25) is 5.02 Å². The SMILES string of the molecule is Cc1cncc(Cl)c1C(=O)CN(C(=O)c1cnn([C@H]2CC[C@](C)(C(=O)O)CC2)c1C(F)(F)F)[C@H]1C[C@@H]2[C@H](C1)C2(C)C. The van der Waals surface area contributed by atoms with E-state index in [1.165, 1.54) is 17.3 Å². The number of carboxylic acid groups (broad SMARTS) is 1. The molecule has 3 saturated carbocycles. The van der Waals surface area contributed by atoms with E-state index in [1.807, 2.05) is 0 Å². The Hall–Kier alpha value is -2.95. The molecule has 1 N–H and O–H groups in total. The van der Waals surface area contributed by atoms with E-state index in [4.69, 9.17) is 11.6 Å². The Morgan fingerprint density at radius 3 is 2.24 bits per heavy atom. The lowest BCUT2D eigenvalue weighted by Crippen LogP contribution is -2.44. The average molecular weight is 595 g/mol. The van der Waals surface area contributed by atoms with Gasteiger partial charge >= 0.3 is 12.1 Å². The number of pyridine rings is 1. The zero-order valence-corrected chi connectivity index (χ0v) is 24.2. The number of hydrogen-bond donors (Lipinski definition) is 1. The van der Waals surface area contributed by atoms with Crippen LogP contribution < -0.4 is 0 Å². The highest BCUT2D eigenvalue weighted by atomic mass is 35.5. The van der Waals surface area contributed by atoms with Gasteiger partial charge in [0, 0.05) is 24.0 Å². The second kappa shape index (κ2) is 10.1. The van der Waals surface area contributed by atoms with Crippen molar-refractivity contribution in [2.24, 2.45) is 22.7 Å². The summed E-state index contributed by atoms with van der Waals surface area (Å²) in [6.07, 6.45) is 0.817. The lowest BCUT2D eigenvalue weighted by molar-refractivity contribution is -0.152. The van der Waals surface area contributed by atoms with Crippen LogP contribution in [0.3, 0.4) is 0 Å². The number of amides is 1. The van der Waals surface area contributed by atoms with Gasteiger partial charge in [0.25, 0.3) is 5.91 Å². The molecule has 0 aliphatic heterocycles. The lowest BCUT2D eigenvalue weighted by Gasteiger charge is -2.35. The molecule has 0 radical (unpaired) electrons. The van der Waals surface area contributed by atoms with Crippen LogP contribution in [0.15, 0.2) is 18.6 Å². The molecule has 3 fully saturated rings. The summed E-state index contributed by atoms with van der Waals surface area (Å²) in [5, 5.41) is 13.7. The number of rotatable bonds is 7. The Morgan fingerprint density at radius 1 is 1.10 bits per heavy atom.